The molecule has 3 aromatic rings. The van der Waals surface area contributed by atoms with Crippen LogP contribution in [0.1, 0.15) is 22.6 Å². The second-order valence-corrected chi connectivity index (χ2v) is 8.75. The molecular weight excluding hydrogens is 437 g/mol. The minimum Gasteiger partial charge on any atom is -0.293 e. The Hall–Kier alpha value is -3.32. The number of aromatic amines is 1. The van der Waals surface area contributed by atoms with Crippen LogP contribution in [0.5, 0.6) is 0 Å². The van der Waals surface area contributed by atoms with Gasteiger partial charge in [-0.25, -0.2) is 13.5 Å². The lowest BCUT2D eigenvalue weighted by Gasteiger charge is -2.33. The molecule has 31 heavy (non-hydrogen) atoms. The Balaban J connectivity index is 1.69. The zero-order chi connectivity index (χ0) is 22.2. The van der Waals surface area contributed by atoms with E-state index >= 15 is 0 Å². The third kappa shape index (κ3) is 4.14. The Kier molecular flexibility index (Phi) is 5.23. The number of nitrogens with one attached hydrogen (secondary N) is 2. The van der Waals surface area contributed by atoms with Gasteiger partial charge in [-0.05, 0) is 39.8 Å². The van der Waals surface area contributed by atoms with Crippen LogP contribution in [0.25, 0.3) is 0 Å². The maximum absolute atomic E-state index is 13.1. The van der Waals surface area contributed by atoms with Gasteiger partial charge in [0.2, 0.25) is 21.9 Å². The standard InChI is InChI=1S/C18H15F3N6O3S/c19-18(20,21)12-5-3-6-13(8-12)31(29,30)27-9-11-4-1-2-7-14(11)15(10-27)16(28)22-17-23-25-26-24-17/h1-8,15H,9-10H2,(H2,22,23,24,25,26,28). The predicted octanol–water partition coefficient (Wildman–Crippen LogP) is 2.15. The first-order valence-electron chi connectivity index (χ1n) is 8.96. The van der Waals surface area contributed by atoms with E-state index in [0.717, 1.165) is 22.5 Å². The second-order valence-electron chi connectivity index (χ2n) is 6.81. The van der Waals surface area contributed by atoms with E-state index in [1.807, 2.05) is 0 Å². The first-order chi connectivity index (χ1) is 14.7. The van der Waals surface area contributed by atoms with Gasteiger partial charge in [-0.2, -0.15) is 17.5 Å². The van der Waals surface area contributed by atoms with E-state index in [1.54, 1.807) is 24.3 Å². The molecule has 162 valence electrons. The lowest BCUT2D eigenvalue weighted by molar-refractivity contribution is -0.137. The van der Waals surface area contributed by atoms with Gasteiger partial charge in [0.15, 0.2) is 0 Å². The zero-order valence-electron chi connectivity index (χ0n) is 15.7. The molecule has 1 atom stereocenters. The first kappa shape index (κ1) is 20.9. The summed E-state index contributed by atoms with van der Waals surface area (Å²) in [6.45, 7) is -0.342. The number of anilines is 1. The topological polar surface area (TPSA) is 121 Å². The molecule has 9 nitrogen and oxygen atoms in total. The molecule has 0 radical (unpaired) electrons. The zero-order valence-corrected chi connectivity index (χ0v) is 16.5. The maximum Gasteiger partial charge on any atom is 0.416 e. The molecule has 2 heterocycles. The summed E-state index contributed by atoms with van der Waals surface area (Å²) >= 11 is 0. The Morgan fingerprint density at radius 1 is 1.16 bits per heavy atom. The van der Waals surface area contributed by atoms with Gasteiger partial charge in [0.25, 0.3) is 0 Å². The Morgan fingerprint density at radius 2 is 1.94 bits per heavy atom. The average Bonchev–Trinajstić information content (AvgIpc) is 3.25. The van der Waals surface area contributed by atoms with Crippen molar-refractivity contribution < 1.29 is 26.4 Å². The Labute approximate surface area is 174 Å². The van der Waals surface area contributed by atoms with Crippen molar-refractivity contribution in [2.45, 2.75) is 23.5 Å². The number of nitrogens with zero attached hydrogens (tertiary/aromatic N) is 4. The SMILES string of the molecule is O=C(Nc1nnn[nH]1)C1CN(S(=O)(=O)c2cccc(C(F)(F)F)c2)Cc2ccccc21. The lowest BCUT2D eigenvalue weighted by Crippen LogP contribution is -2.42. The Bertz CT molecular complexity index is 1210. The number of rotatable bonds is 4. The van der Waals surface area contributed by atoms with Gasteiger partial charge in [0.1, 0.15) is 0 Å². The molecule has 0 saturated heterocycles. The summed E-state index contributed by atoms with van der Waals surface area (Å²) in [6, 6.07) is 10.3. The number of hydrogen-bond acceptors (Lipinski definition) is 6. The number of alkyl halides is 3. The van der Waals surface area contributed by atoms with Crippen LogP contribution in [0, 0.1) is 0 Å². The summed E-state index contributed by atoms with van der Waals surface area (Å²) in [5, 5.41) is 15.1. The third-order valence-electron chi connectivity index (χ3n) is 4.87. The van der Waals surface area contributed by atoms with Crippen LogP contribution in [0.15, 0.2) is 53.4 Å². The number of aromatic nitrogens is 4. The molecule has 0 saturated carbocycles. The molecule has 1 aliphatic rings. The summed E-state index contributed by atoms with van der Waals surface area (Å²) in [6.07, 6.45) is -4.69. The number of carbonyl (C=O) groups is 1. The van der Waals surface area contributed by atoms with Crippen molar-refractivity contribution in [2.75, 3.05) is 11.9 Å². The monoisotopic (exact) mass is 452 g/mol. The molecule has 0 bridgehead atoms. The smallest absolute Gasteiger partial charge is 0.293 e. The third-order valence-corrected chi connectivity index (χ3v) is 6.67. The molecule has 1 amide bonds. The van der Waals surface area contributed by atoms with Gasteiger partial charge in [-0.1, -0.05) is 35.4 Å². The molecule has 1 unspecified atom stereocenters. The van der Waals surface area contributed by atoms with Crippen molar-refractivity contribution in [3.8, 4) is 0 Å². The number of sulfonamides is 1. The van der Waals surface area contributed by atoms with Crippen molar-refractivity contribution in [1.82, 2.24) is 24.9 Å². The van der Waals surface area contributed by atoms with Gasteiger partial charge in [0, 0.05) is 13.1 Å². The van der Waals surface area contributed by atoms with E-state index in [0.29, 0.717) is 17.2 Å². The van der Waals surface area contributed by atoms with Crippen molar-refractivity contribution in [1.29, 1.82) is 0 Å². The van der Waals surface area contributed by atoms with Gasteiger partial charge in [-0.15, -0.1) is 0 Å². The van der Waals surface area contributed by atoms with E-state index < -0.39 is 38.5 Å². The number of tetrazole rings is 1. The molecule has 4 rings (SSSR count). The highest BCUT2D eigenvalue weighted by Gasteiger charge is 2.38. The van der Waals surface area contributed by atoms with Crippen LogP contribution in [0.4, 0.5) is 19.1 Å². The summed E-state index contributed by atoms with van der Waals surface area (Å²) in [4.78, 5) is 12.3. The molecule has 2 N–H and O–H groups in total. The molecule has 2 aromatic carbocycles. The van der Waals surface area contributed by atoms with Gasteiger partial charge in [-0.3, -0.25) is 10.1 Å². The van der Waals surface area contributed by atoms with Crippen LogP contribution in [-0.2, 0) is 27.5 Å². The fourth-order valence-electron chi connectivity index (χ4n) is 3.38. The number of H-pyrrole nitrogens is 1. The van der Waals surface area contributed by atoms with Crippen LogP contribution in [-0.4, -0.2) is 45.8 Å². The molecule has 1 aromatic heterocycles. The van der Waals surface area contributed by atoms with E-state index in [9.17, 15) is 26.4 Å². The molecule has 0 spiro atoms. The summed E-state index contributed by atoms with van der Waals surface area (Å²) in [5.41, 5.74) is 0.112. The van der Waals surface area contributed by atoms with Crippen molar-refractivity contribution in [3.05, 3.63) is 65.2 Å². The quantitative estimate of drug-likeness (QED) is 0.626. The van der Waals surface area contributed by atoms with Crippen molar-refractivity contribution in [3.63, 3.8) is 0 Å². The number of benzene rings is 2. The lowest BCUT2D eigenvalue weighted by atomic mass is 9.90. The molecule has 1 aliphatic heterocycles. The number of hydrogen-bond donors (Lipinski definition) is 2. The van der Waals surface area contributed by atoms with Crippen molar-refractivity contribution in [2.24, 2.45) is 0 Å². The average molecular weight is 452 g/mol. The largest absolute Gasteiger partial charge is 0.416 e. The summed E-state index contributed by atoms with van der Waals surface area (Å²) in [7, 11) is -4.31. The van der Waals surface area contributed by atoms with Crippen LogP contribution >= 0.6 is 0 Å². The van der Waals surface area contributed by atoms with E-state index in [-0.39, 0.29) is 19.0 Å². The number of fused-ring (bicyclic) bond motifs is 1. The highest BCUT2D eigenvalue weighted by Crippen LogP contribution is 2.35. The van der Waals surface area contributed by atoms with E-state index in [2.05, 4.69) is 25.9 Å². The minimum absolute atomic E-state index is 0.0136. The second kappa shape index (κ2) is 7.74. The Morgan fingerprint density at radius 3 is 2.65 bits per heavy atom. The summed E-state index contributed by atoms with van der Waals surface area (Å²) < 4.78 is 66.5. The maximum atomic E-state index is 13.1. The normalized spacial score (nSPS) is 17.2. The number of halogens is 3. The fraction of sp³-hybridized carbons (Fsp3) is 0.222. The fourth-order valence-corrected chi connectivity index (χ4v) is 4.86. The number of carbonyl (C=O) groups excluding carboxylic acids is 1. The summed E-state index contributed by atoms with van der Waals surface area (Å²) in [5.74, 6) is -1.49. The van der Waals surface area contributed by atoms with Gasteiger partial charge >= 0.3 is 6.18 Å². The highest BCUT2D eigenvalue weighted by atomic mass is 32.2. The van der Waals surface area contributed by atoms with E-state index in [4.69, 9.17) is 0 Å². The van der Waals surface area contributed by atoms with Crippen molar-refractivity contribution >= 4 is 21.9 Å². The van der Waals surface area contributed by atoms with Gasteiger partial charge in [0.05, 0.1) is 16.4 Å². The van der Waals surface area contributed by atoms with Gasteiger partial charge < -0.3 is 0 Å². The van der Waals surface area contributed by atoms with Crippen LogP contribution < -0.4 is 5.32 Å². The molecule has 0 fully saturated rings. The minimum atomic E-state index is -4.69. The number of amides is 1. The molecule has 13 heteroatoms. The first-order valence-corrected chi connectivity index (χ1v) is 10.4. The molecule has 0 aliphatic carbocycles. The van der Waals surface area contributed by atoms with Crippen LogP contribution in [0.2, 0.25) is 0 Å². The van der Waals surface area contributed by atoms with Crippen LogP contribution in [0.3, 0.4) is 0 Å². The molecular formula is C18H15F3N6O3S. The van der Waals surface area contributed by atoms with E-state index in [1.165, 1.54) is 0 Å². The predicted molar refractivity (Wildman–Crippen MR) is 101 cm³/mol. The highest BCUT2D eigenvalue weighted by molar-refractivity contribution is 7.89.